The first-order valence-electron chi connectivity index (χ1n) is 7.45. The van der Waals surface area contributed by atoms with Gasteiger partial charge in [0.2, 0.25) is 0 Å². The molecule has 1 aromatic heterocycles. The maximum atomic E-state index is 12.5. The molecule has 1 aliphatic heterocycles. The Labute approximate surface area is 125 Å². The Morgan fingerprint density at radius 3 is 2.81 bits per heavy atom. The molecule has 0 bridgehead atoms. The van der Waals surface area contributed by atoms with Crippen LogP contribution in [0.4, 0.5) is 0 Å². The molecule has 0 aromatic carbocycles. The summed E-state index contributed by atoms with van der Waals surface area (Å²) in [4.78, 5) is 30.1. The quantitative estimate of drug-likeness (QED) is 0.925. The summed E-state index contributed by atoms with van der Waals surface area (Å²) in [7, 11) is 0. The second-order valence-electron chi connectivity index (χ2n) is 5.83. The molecule has 2 rings (SSSR count). The Balaban J connectivity index is 2.20. The van der Waals surface area contributed by atoms with E-state index < -0.39 is 11.4 Å². The number of carboxylic acids is 1. The predicted molar refractivity (Wildman–Crippen MR) is 79.1 cm³/mol. The SMILES string of the molecule is CCCC1(C(=O)O)CCCN(C(=O)c2cccc(C)n2)C1. The van der Waals surface area contributed by atoms with Crippen molar-refractivity contribution in [3.63, 3.8) is 0 Å². The predicted octanol–water partition coefficient (Wildman–Crippen LogP) is 2.50. The van der Waals surface area contributed by atoms with Crippen LogP contribution in [0.15, 0.2) is 18.2 Å². The van der Waals surface area contributed by atoms with E-state index in [0.29, 0.717) is 25.1 Å². The number of carboxylic acid groups (broad SMARTS) is 1. The zero-order valence-electron chi connectivity index (χ0n) is 12.6. The molecule has 5 nitrogen and oxygen atoms in total. The van der Waals surface area contributed by atoms with Gasteiger partial charge in [0, 0.05) is 18.8 Å². The normalized spacial score (nSPS) is 22.1. The van der Waals surface area contributed by atoms with E-state index in [-0.39, 0.29) is 12.5 Å². The summed E-state index contributed by atoms with van der Waals surface area (Å²) < 4.78 is 0. The highest BCUT2D eigenvalue weighted by molar-refractivity contribution is 5.93. The summed E-state index contributed by atoms with van der Waals surface area (Å²) in [5.41, 5.74) is 0.385. The largest absolute Gasteiger partial charge is 0.481 e. The van der Waals surface area contributed by atoms with Gasteiger partial charge in [-0.2, -0.15) is 0 Å². The number of likely N-dealkylation sites (tertiary alicyclic amines) is 1. The van der Waals surface area contributed by atoms with E-state index in [1.165, 1.54) is 0 Å². The van der Waals surface area contributed by atoms with Crippen LogP contribution in [0, 0.1) is 12.3 Å². The molecule has 0 saturated carbocycles. The number of amides is 1. The van der Waals surface area contributed by atoms with E-state index >= 15 is 0 Å². The first kappa shape index (κ1) is 15.5. The van der Waals surface area contributed by atoms with Crippen LogP contribution in [0.2, 0.25) is 0 Å². The Morgan fingerprint density at radius 2 is 2.19 bits per heavy atom. The van der Waals surface area contributed by atoms with Gasteiger partial charge in [-0.25, -0.2) is 4.98 Å². The maximum Gasteiger partial charge on any atom is 0.311 e. The molecule has 0 spiro atoms. The molecule has 0 radical (unpaired) electrons. The maximum absolute atomic E-state index is 12.5. The summed E-state index contributed by atoms with van der Waals surface area (Å²) in [5, 5.41) is 9.58. The molecule has 1 saturated heterocycles. The number of carbonyl (C=O) groups excluding carboxylic acids is 1. The fourth-order valence-electron chi connectivity index (χ4n) is 3.09. The summed E-state index contributed by atoms with van der Waals surface area (Å²) in [6, 6.07) is 5.33. The highest BCUT2D eigenvalue weighted by Gasteiger charge is 2.43. The smallest absolute Gasteiger partial charge is 0.311 e. The number of aliphatic carboxylic acids is 1. The number of hydrogen-bond donors (Lipinski definition) is 1. The minimum absolute atomic E-state index is 0.167. The molecule has 21 heavy (non-hydrogen) atoms. The standard InChI is InChI=1S/C16H22N2O3/c1-3-8-16(15(20)21)9-5-10-18(11-16)14(19)13-7-4-6-12(2)17-13/h4,6-7H,3,5,8-11H2,1-2H3,(H,20,21). The molecule has 1 N–H and O–H groups in total. The van der Waals surface area contributed by atoms with Crippen molar-refractivity contribution >= 4 is 11.9 Å². The monoisotopic (exact) mass is 290 g/mol. The lowest BCUT2D eigenvalue weighted by atomic mass is 9.76. The van der Waals surface area contributed by atoms with Gasteiger partial charge in [-0.15, -0.1) is 0 Å². The number of pyridine rings is 1. The van der Waals surface area contributed by atoms with Crippen molar-refractivity contribution in [1.82, 2.24) is 9.88 Å². The molecule has 114 valence electrons. The number of aromatic nitrogens is 1. The van der Waals surface area contributed by atoms with Gasteiger partial charge in [0.15, 0.2) is 0 Å². The summed E-state index contributed by atoms with van der Waals surface area (Å²) >= 11 is 0. The third-order valence-corrected chi connectivity index (χ3v) is 4.15. The van der Waals surface area contributed by atoms with Crippen LogP contribution >= 0.6 is 0 Å². The minimum atomic E-state index is -0.799. The number of piperidine rings is 1. The summed E-state index contributed by atoms with van der Waals surface area (Å²) in [5.74, 6) is -0.959. The molecule has 1 aromatic rings. The van der Waals surface area contributed by atoms with Crippen molar-refractivity contribution in [3.05, 3.63) is 29.6 Å². The third-order valence-electron chi connectivity index (χ3n) is 4.15. The van der Waals surface area contributed by atoms with Gasteiger partial charge in [0.25, 0.3) is 5.91 Å². The molecule has 1 aliphatic rings. The molecule has 1 unspecified atom stereocenters. The highest BCUT2D eigenvalue weighted by atomic mass is 16.4. The van der Waals surface area contributed by atoms with Crippen LogP contribution < -0.4 is 0 Å². The fourth-order valence-corrected chi connectivity index (χ4v) is 3.09. The van der Waals surface area contributed by atoms with Gasteiger partial charge in [-0.3, -0.25) is 9.59 Å². The van der Waals surface area contributed by atoms with Gasteiger partial charge in [-0.05, 0) is 38.3 Å². The van der Waals surface area contributed by atoms with Crippen LogP contribution in [0.5, 0.6) is 0 Å². The van der Waals surface area contributed by atoms with Crippen molar-refractivity contribution < 1.29 is 14.7 Å². The van der Waals surface area contributed by atoms with Gasteiger partial charge < -0.3 is 10.0 Å². The van der Waals surface area contributed by atoms with Crippen LogP contribution in [0.1, 0.15) is 48.8 Å². The second-order valence-corrected chi connectivity index (χ2v) is 5.83. The van der Waals surface area contributed by atoms with E-state index in [1.807, 2.05) is 19.9 Å². The second kappa shape index (κ2) is 6.24. The van der Waals surface area contributed by atoms with Gasteiger partial charge in [0.05, 0.1) is 5.41 Å². The number of carbonyl (C=O) groups is 2. The summed E-state index contributed by atoms with van der Waals surface area (Å²) in [6.45, 7) is 4.71. The van der Waals surface area contributed by atoms with Gasteiger partial charge in [-0.1, -0.05) is 19.4 Å². The lowest BCUT2D eigenvalue weighted by molar-refractivity contribution is -0.152. The Bertz CT molecular complexity index is 540. The molecule has 1 amide bonds. The van der Waals surface area contributed by atoms with Crippen molar-refractivity contribution in [2.75, 3.05) is 13.1 Å². The first-order chi connectivity index (χ1) is 9.98. The van der Waals surface area contributed by atoms with Crippen molar-refractivity contribution in [1.29, 1.82) is 0 Å². The van der Waals surface area contributed by atoms with Crippen LogP contribution in [0.3, 0.4) is 0 Å². The fraction of sp³-hybridized carbons (Fsp3) is 0.562. The molecule has 1 fully saturated rings. The van der Waals surface area contributed by atoms with Gasteiger partial charge >= 0.3 is 5.97 Å². The van der Waals surface area contributed by atoms with E-state index in [9.17, 15) is 14.7 Å². The molecular formula is C16H22N2O3. The number of nitrogens with zero attached hydrogens (tertiary/aromatic N) is 2. The van der Waals surface area contributed by atoms with Crippen LogP contribution in [0.25, 0.3) is 0 Å². The number of aryl methyl sites for hydroxylation is 1. The van der Waals surface area contributed by atoms with Crippen LogP contribution in [-0.2, 0) is 4.79 Å². The summed E-state index contributed by atoms with van der Waals surface area (Å²) in [6.07, 6.45) is 2.77. The van der Waals surface area contributed by atoms with E-state index in [4.69, 9.17) is 0 Å². The number of rotatable bonds is 4. The van der Waals surface area contributed by atoms with E-state index in [1.54, 1.807) is 17.0 Å². The number of hydrogen-bond acceptors (Lipinski definition) is 3. The highest BCUT2D eigenvalue weighted by Crippen LogP contribution is 2.35. The van der Waals surface area contributed by atoms with E-state index in [2.05, 4.69) is 4.98 Å². The Hall–Kier alpha value is -1.91. The zero-order valence-corrected chi connectivity index (χ0v) is 12.6. The molecule has 0 aliphatic carbocycles. The average molecular weight is 290 g/mol. The van der Waals surface area contributed by atoms with Crippen molar-refractivity contribution in [3.8, 4) is 0 Å². The molecular weight excluding hydrogens is 268 g/mol. The third kappa shape index (κ3) is 3.23. The molecule has 5 heteroatoms. The molecule has 1 atom stereocenters. The minimum Gasteiger partial charge on any atom is -0.481 e. The van der Waals surface area contributed by atoms with Crippen molar-refractivity contribution in [2.45, 2.75) is 39.5 Å². The zero-order chi connectivity index (χ0) is 15.5. The topological polar surface area (TPSA) is 70.5 Å². The van der Waals surface area contributed by atoms with Gasteiger partial charge in [0.1, 0.15) is 5.69 Å². The Kier molecular flexibility index (Phi) is 4.60. The van der Waals surface area contributed by atoms with Crippen molar-refractivity contribution in [2.24, 2.45) is 5.41 Å². The lowest BCUT2D eigenvalue weighted by Gasteiger charge is -2.39. The Morgan fingerprint density at radius 1 is 1.43 bits per heavy atom. The first-order valence-corrected chi connectivity index (χ1v) is 7.45. The van der Waals surface area contributed by atoms with E-state index in [0.717, 1.165) is 18.5 Å². The van der Waals surface area contributed by atoms with Crippen LogP contribution in [-0.4, -0.2) is 40.0 Å². The average Bonchev–Trinajstić information content (AvgIpc) is 2.47. The molecule has 2 heterocycles. The lowest BCUT2D eigenvalue weighted by Crippen LogP contribution is -2.50.